The van der Waals surface area contributed by atoms with Gasteiger partial charge in [-0.3, -0.25) is 9.80 Å². The van der Waals surface area contributed by atoms with Gasteiger partial charge in [0.15, 0.2) is 0 Å². The molecule has 1 aromatic heterocycles. The largest absolute Gasteiger partial charge is 0.475 e. The molecular formula is C13H19N3O3. The van der Waals surface area contributed by atoms with Crippen molar-refractivity contribution in [1.82, 2.24) is 15.1 Å². The number of hydrogen-bond donors (Lipinski definition) is 2. The van der Waals surface area contributed by atoms with Crippen LogP contribution in [0.15, 0.2) is 16.5 Å². The Labute approximate surface area is 112 Å². The van der Waals surface area contributed by atoms with E-state index in [1.165, 1.54) is 6.07 Å². The van der Waals surface area contributed by atoms with Gasteiger partial charge in [0, 0.05) is 45.3 Å². The summed E-state index contributed by atoms with van der Waals surface area (Å²) < 4.78 is 5.29. The fourth-order valence-corrected chi connectivity index (χ4v) is 2.62. The minimum atomic E-state index is -1.01. The molecule has 0 radical (unpaired) electrons. The number of aromatic carboxylic acids is 1. The molecule has 3 heterocycles. The SMILES string of the molecule is O=C(O)c1ccc(CN2CCN(C3CNC3)CC2)o1. The van der Waals surface area contributed by atoms with Crippen LogP contribution < -0.4 is 5.32 Å². The molecule has 1 aromatic rings. The summed E-state index contributed by atoms with van der Waals surface area (Å²) >= 11 is 0. The van der Waals surface area contributed by atoms with E-state index < -0.39 is 5.97 Å². The van der Waals surface area contributed by atoms with Crippen LogP contribution in [0.4, 0.5) is 0 Å². The average molecular weight is 265 g/mol. The van der Waals surface area contributed by atoms with E-state index in [-0.39, 0.29) is 5.76 Å². The third-order valence-electron chi connectivity index (χ3n) is 3.94. The zero-order chi connectivity index (χ0) is 13.2. The highest BCUT2D eigenvalue weighted by Crippen LogP contribution is 2.14. The number of rotatable bonds is 4. The molecule has 3 rings (SSSR count). The Balaban J connectivity index is 1.49. The van der Waals surface area contributed by atoms with Gasteiger partial charge < -0.3 is 14.8 Å². The molecule has 0 saturated carbocycles. The molecule has 0 amide bonds. The van der Waals surface area contributed by atoms with E-state index in [2.05, 4.69) is 15.1 Å². The smallest absolute Gasteiger partial charge is 0.371 e. The van der Waals surface area contributed by atoms with Crippen molar-refractivity contribution >= 4 is 5.97 Å². The zero-order valence-electron chi connectivity index (χ0n) is 10.8. The maximum absolute atomic E-state index is 10.7. The first-order valence-corrected chi connectivity index (χ1v) is 6.71. The highest BCUT2D eigenvalue weighted by atomic mass is 16.4. The summed E-state index contributed by atoms with van der Waals surface area (Å²) in [6.45, 7) is 7.11. The number of nitrogens with one attached hydrogen (secondary N) is 1. The molecule has 6 heteroatoms. The Morgan fingerprint density at radius 2 is 2.05 bits per heavy atom. The third-order valence-corrected chi connectivity index (χ3v) is 3.94. The lowest BCUT2D eigenvalue weighted by atomic mass is 10.1. The maximum atomic E-state index is 10.7. The van der Waals surface area contributed by atoms with Crippen LogP contribution in [0.25, 0.3) is 0 Å². The quantitative estimate of drug-likeness (QED) is 0.803. The molecule has 0 atom stereocenters. The number of furan rings is 1. The van der Waals surface area contributed by atoms with Crippen LogP contribution in [-0.2, 0) is 6.54 Å². The summed E-state index contributed by atoms with van der Waals surface area (Å²) in [5.74, 6) is -0.251. The number of hydrogen-bond acceptors (Lipinski definition) is 5. The van der Waals surface area contributed by atoms with Crippen LogP contribution in [0.5, 0.6) is 0 Å². The van der Waals surface area contributed by atoms with Gasteiger partial charge in [0.1, 0.15) is 5.76 Å². The second-order valence-corrected chi connectivity index (χ2v) is 5.20. The Morgan fingerprint density at radius 3 is 2.58 bits per heavy atom. The van der Waals surface area contributed by atoms with Gasteiger partial charge in [-0.05, 0) is 12.1 Å². The van der Waals surface area contributed by atoms with Crippen molar-refractivity contribution in [3.8, 4) is 0 Å². The van der Waals surface area contributed by atoms with Gasteiger partial charge in [-0.2, -0.15) is 0 Å². The van der Waals surface area contributed by atoms with Crippen molar-refractivity contribution < 1.29 is 14.3 Å². The molecule has 6 nitrogen and oxygen atoms in total. The lowest BCUT2D eigenvalue weighted by molar-refractivity contribution is 0.0622. The minimum Gasteiger partial charge on any atom is -0.475 e. The minimum absolute atomic E-state index is 0.0224. The van der Waals surface area contributed by atoms with E-state index in [0.717, 1.165) is 45.0 Å². The molecule has 104 valence electrons. The number of carboxylic acid groups (broad SMARTS) is 1. The zero-order valence-corrected chi connectivity index (χ0v) is 10.8. The normalized spacial score (nSPS) is 22.3. The van der Waals surface area contributed by atoms with Gasteiger partial charge in [-0.1, -0.05) is 0 Å². The summed E-state index contributed by atoms with van der Waals surface area (Å²) in [5, 5.41) is 12.1. The molecule has 2 N–H and O–H groups in total. The van der Waals surface area contributed by atoms with Gasteiger partial charge in [0.25, 0.3) is 0 Å². The molecule has 2 aliphatic rings. The second-order valence-electron chi connectivity index (χ2n) is 5.20. The molecule has 0 spiro atoms. The van der Waals surface area contributed by atoms with Gasteiger partial charge in [-0.25, -0.2) is 4.79 Å². The standard InChI is InChI=1S/C13H19N3O3/c17-13(18)12-2-1-11(19-12)9-15-3-5-16(6-4-15)10-7-14-8-10/h1-2,10,14H,3-9H2,(H,17,18). The Kier molecular flexibility index (Phi) is 3.54. The predicted molar refractivity (Wildman–Crippen MR) is 69.2 cm³/mol. The summed E-state index contributed by atoms with van der Waals surface area (Å²) in [6.07, 6.45) is 0. The number of carboxylic acids is 1. The van der Waals surface area contributed by atoms with E-state index in [9.17, 15) is 4.79 Å². The predicted octanol–water partition coefficient (Wildman–Crippen LogP) is 0.0672. The van der Waals surface area contributed by atoms with Crippen molar-refractivity contribution in [1.29, 1.82) is 0 Å². The molecule has 2 aliphatic heterocycles. The molecular weight excluding hydrogens is 246 g/mol. The topological polar surface area (TPSA) is 69.0 Å². The fourth-order valence-electron chi connectivity index (χ4n) is 2.62. The number of nitrogens with zero attached hydrogens (tertiary/aromatic N) is 2. The first-order valence-electron chi connectivity index (χ1n) is 6.71. The van der Waals surface area contributed by atoms with Crippen LogP contribution in [0, 0.1) is 0 Å². The van der Waals surface area contributed by atoms with Gasteiger partial charge in [0.05, 0.1) is 6.54 Å². The van der Waals surface area contributed by atoms with Crippen LogP contribution in [0.2, 0.25) is 0 Å². The fraction of sp³-hybridized carbons (Fsp3) is 0.615. The first kappa shape index (κ1) is 12.7. The van der Waals surface area contributed by atoms with E-state index >= 15 is 0 Å². The van der Waals surface area contributed by atoms with E-state index in [1.807, 2.05) is 0 Å². The van der Waals surface area contributed by atoms with Crippen LogP contribution in [0.1, 0.15) is 16.3 Å². The van der Waals surface area contributed by atoms with Crippen LogP contribution in [-0.4, -0.2) is 66.2 Å². The highest BCUT2D eigenvalue weighted by Gasteiger charge is 2.27. The molecule has 19 heavy (non-hydrogen) atoms. The molecule has 0 aliphatic carbocycles. The molecule has 0 aromatic carbocycles. The molecule has 2 fully saturated rings. The molecule has 2 saturated heterocycles. The van der Waals surface area contributed by atoms with E-state index in [4.69, 9.17) is 9.52 Å². The highest BCUT2D eigenvalue weighted by molar-refractivity contribution is 5.84. The van der Waals surface area contributed by atoms with Crippen molar-refractivity contribution in [3.63, 3.8) is 0 Å². The van der Waals surface area contributed by atoms with E-state index in [0.29, 0.717) is 12.6 Å². The van der Waals surface area contributed by atoms with Crippen molar-refractivity contribution in [3.05, 3.63) is 23.7 Å². The van der Waals surface area contributed by atoms with Crippen molar-refractivity contribution in [2.24, 2.45) is 0 Å². The monoisotopic (exact) mass is 265 g/mol. The Bertz CT molecular complexity index is 448. The molecule has 0 unspecified atom stereocenters. The van der Waals surface area contributed by atoms with E-state index in [1.54, 1.807) is 6.07 Å². The van der Waals surface area contributed by atoms with Crippen molar-refractivity contribution in [2.75, 3.05) is 39.3 Å². The third kappa shape index (κ3) is 2.80. The lowest BCUT2D eigenvalue weighted by Crippen LogP contribution is -2.61. The van der Waals surface area contributed by atoms with Gasteiger partial charge >= 0.3 is 5.97 Å². The Hall–Kier alpha value is -1.37. The summed E-state index contributed by atoms with van der Waals surface area (Å²) in [7, 11) is 0. The Morgan fingerprint density at radius 1 is 1.32 bits per heavy atom. The number of carbonyl (C=O) groups is 1. The lowest BCUT2D eigenvalue weighted by Gasteiger charge is -2.43. The van der Waals surface area contributed by atoms with Gasteiger partial charge in [0.2, 0.25) is 5.76 Å². The van der Waals surface area contributed by atoms with Crippen molar-refractivity contribution in [2.45, 2.75) is 12.6 Å². The average Bonchev–Trinajstić information content (AvgIpc) is 2.78. The van der Waals surface area contributed by atoms with Crippen LogP contribution >= 0.6 is 0 Å². The second kappa shape index (κ2) is 5.32. The summed E-state index contributed by atoms with van der Waals surface area (Å²) in [5.41, 5.74) is 0. The maximum Gasteiger partial charge on any atom is 0.371 e. The van der Waals surface area contributed by atoms with Gasteiger partial charge in [-0.15, -0.1) is 0 Å². The molecule has 0 bridgehead atoms. The summed E-state index contributed by atoms with van der Waals surface area (Å²) in [4.78, 5) is 15.6. The number of piperazine rings is 1. The summed E-state index contributed by atoms with van der Waals surface area (Å²) in [6, 6.07) is 3.99. The first-order chi connectivity index (χ1) is 9.22. The van der Waals surface area contributed by atoms with Crippen LogP contribution in [0.3, 0.4) is 0 Å².